The van der Waals surface area contributed by atoms with Crippen molar-refractivity contribution in [2.75, 3.05) is 5.32 Å². The molecule has 3 aromatic rings. The van der Waals surface area contributed by atoms with Crippen molar-refractivity contribution in [3.8, 4) is 0 Å². The van der Waals surface area contributed by atoms with E-state index in [4.69, 9.17) is 4.52 Å². The SMILES string of the molecule is c1cc(Nc2ccno2)n2ncnc2c1. The maximum Gasteiger partial charge on any atom is 0.230 e. The first-order valence-electron chi connectivity index (χ1n) is 4.40. The van der Waals surface area contributed by atoms with Gasteiger partial charge in [-0.1, -0.05) is 11.2 Å². The first kappa shape index (κ1) is 7.98. The van der Waals surface area contributed by atoms with Gasteiger partial charge in [-0.2, -0.15) is 9.61 Å². The summed E-state index contributed by atoms with van der Waals surface area (Å²) in [6, 6.07) is 7.38. The van der Waals surface area contributed by atoms with Crippen LogP contribution in [0.1, 0.15) is 0 Å². The average molecular weight is 201 g/mol. The fourth-order valence-electron chi connectivity index (χ4n) is 1.35. The van der Waals surface area contributed by atoms with Gasteiger partial charge in [0.05, 0.1) is 6.20 Å². The molecule has 0 aliphatic heterocycles. The third-order valence-electron chi connectivity index (χ3n) is 1.99. The van der Waals surface area contributed by atoms with Crippen LogP contribution in [0.25, 0.3) is 5.65 Å². The number of fused-ring (bicyclic) bond motifs is 1. The second-order valence-electron chi connectivity index (χ2n) is 2.94. The Labute approximate surface area is 84.5 Å². The van der Waals surface area contributed by atoms with Gasteiger partial charge in [0.25, 0.3) is 0 Å². The molecule has 74 valence electrons. The number of rotatable bonds is 2. The number of anilines is 2. The van der Waals surface area contributed by atoms with Crippen molar-refractivity contribution in [3.05, 3.63) is 36.8 Å². The number of hydrogen-bond acceptors (Lipinski definition) is 5. The predicted molar refractivity (Wildman–Crippen MR) is 52.8 cm³/mol. The van der Waals surface area contributed by atoms with Gasteiger partial charge in [0.15, 0.2) is 5.65 Å². The summed E-state index contributed by atoms with van der Waals surface area (Å²) < 4.78 is 6.62. The summed E-state index contributed by atoms with van der Waals surface area (Å²) in [5.41, 5.74) is 0.777. The first-order chi connectivity index (χ1) is 7.43. The Bertz CT molecular complexity index is 571. The average Bonchev–Trinajstić information content (AvgIpc) is 2.87. The van der Waals surface area contributed by atoms with E-state index in [0.29, 0.717) is 5.88 Å². The molecule has 0 bridgehead atoms. The van der Waals surface area contributed by atoms with Crippen LogP contribution in [0, 0.1) is 0 Å². The Morgan fingerprint density at radius 3 is 3.13 bits per heavy atom. The van der Waals surface area contributed by atoms with Crippen LogP contribution in [0.4, 0.5) is 11.7 Å². The summed E-state index contributed by atoms with van der Waals surface area (Å²) in [4.78, 5) is 4.07. The Morgan fingerprint density at radius 1 is 1.27 bits per heavy atom. The molecule has 0 radical (unpaired) electrons. The van der Waals surface area contributed by atoms with E-state index in [1.165, 1.54) is 6.33 Å². The van der Waals surface area contributed by atoms with E-state index >= 15 is 0 Å². The Hall–Kier alpha value is -2.37. The smallest absolute Gasteiger partial charge is 0.230 e. The zero-order chi connectivity index (χ0) is 10.1. The predicted octanol–water partition coefficient (Wildman–Crippen LogP) is 1.46. The molecule has 0 unspecified atom stereocenters. The molecule has 0 aliphatic rings. The van der Waals surface area contributed by atoms with E-state index < -0.39 is 0 Å². The second kappa shape index (κ2) is 3.09. The maximum atomic E-state index is 4.94. The van der Waals surface area contributed by atoms with Crippen molar-refractivity contribution < 1.29 is 4.52 Å². The zero-order valence-electron chi connectivity index (χ0n) is 7.66. The van der Waals surface area contributed by atoms with Gasteiger partial charge < -0.3 is 9.84 Å². The van der Waals surface area contributed by atoms with E-state index in [0.717, 1.165) is 11.5 Å². The topological polar surface area (TPSA) is 68.2 Å². The summed E-state index contributed by atoms with van der Waals surface area (Å²) >= 11 is 0. The molecule has 15 heavy (non-hydrogen) atoms. The van der Waals surface area contributed by atoms with Gasteiger partial charge in [0.1, 0.15) is 12.1 Å². The molecule has 0 spiro atoms. The molecule has 1 N–H and O–H groups in total. The van der Waals surface area contributed by atoms with Crippen molar-refractivity contribution >= 4 is 17.3 Å². The summed E-state index contributed by atoms with van der Waals surface area (Å²) in [5, 5.41) is 10.7. The monoisotopic (exact) mass is 201 g/mol. The number of aromatic nitrogens is 4. The maximum absolute atomic E-state index is 4.94. The van der Waals surface area contributed by atoms with Gasteiger partial charge in [-0.25, -0.2) is 4.98 Å². The number of nitrogens with one attached hydrogen (secondary N) is 1. The highest BCUT2D eigenvalue weighted by Gasteiger charge is 2.03. The highest BCUT2D eigenvalue weighted by Crippen LogP contribution is 2.15. The van der Waals surface area contributed by atoms with Crippen LogP contribution in [0.15, 0.2) is 41.3 Å². The van der Waals surface area contributed by atoms with Crippen LogP contribution in [0.2, 0.25) is 0 Å². The van der Waals surface area contributed by atoms with E-state index in [1.54, 1.807) is 16.8 Å². The fourth-order valence-corrected chi connectivity index (χ4v) is 1.35. The van der Waals surface area contributed by atoms with Crippen molar-refractivity contribution in [3.63, 3.8) is 0 Å². The van der Waals surface area contributed by atoms with Gasteiger partial charge >= 0.3 is 0 Å². The fraction of sp³-hybridized carbons (Fsp3) is 0. The lowest BCUT2D eigenvalue weighted by Crippen LogP contribution is -1.98. The molecule has 0 saturated heterocycles. The minimum atomic E-state index is 0.568. The van der Waals surface area contributed by atoms with Crippen LogP contribution in [-0.4, -0.2) is 19.8 Å². The van der Waals surface area contributed by atoms with Crippen molar-refractivity contribution in [2.45, 2.75) is 0 Å². The summed E-state index contributed by atoms with van der Waals surface area (Å²) in [6.07, 6.45) is 3.07. The van der Waals surface area contributed by atoms with E-state index in [9.17, 15) is 0 Å². The zero-order valence-corrected chi connectivity index (χ0v) is 7.66. The lowest BCUT2D eigenvalue weighted by molar-refractivity contribution is 0.435. The molecule has 6 nitrogen and oxygen atoms in total. The minimum absolute atomic E-state index is 0.568. The molecule has 0 aromatic carbocycles. The highest BCUT2D eigenvalue weighted by atomic mass is 16.5. The van der Waals surface area contributed by atoms with Crippen molar-refractivity contribution in [1.29, 1.82) is 0 Å². The first-order valence-corrected chi connectivity index (χ1v) is 4.40. The van der Waals surface area contributed by atoms with Crippen LogP contribution in [-0.2, 0) is 0 Å². The Kier molecular flexibility index (Phi) is 1.64. The number of pyridine rings is 1. The standard InChI is InChI=1S/C9H7N5O/c1-2-7-10-6-11-14(7)8(3-1)13-9-4-5-12-15-9/h1-6,13H. The van der Waals surface area contributed by atoms with Gasteiger partial charge in [0.2, 0.25) is 5.88 Å². The summed E-state index contributed by atoms with van der Waals surface area (Å²) in [7, 11) is 0. The molecule has 3 heterocycles. The van der Waals surface area contributed by atoms with E-state index in [1.807, 2.05) is 18.2 Å². The van der Waals surface area contributed by atoms with Gasteiger partial charge in [-0.15, -0.1) is 0 Å². The lowest BCUT2D eigenvalue weighted by atomic mass is 10.4. The van der Waals surface area contributed by atoms with Crippen LogP contribution in [0.3, 0.4) is 0 Å². The van der Waals surface area contributed by atoms with Gasteiger partial charge in [-0.3, -0.25) is 0 Å². The second-order valence-corrected chi connectivity index (χ2v) is 2.94. The quantitative estimate of drug-likeness (QED) is 0.679. The van der Waals surface area contributed by atoms with Crippen LogP contribution >= 0.6 is 0 Å². The third-order valence-corrected chi connectivity index (χ3v) is 1.99. The normalized spacial score (nSPS) is 10.7. The lowest BCUT2D eigenvalue weighted by Gasteiger charge is -2.03. The molecule has 0 atom stereocenters. The van der Waals surface area contributed by atoms with Crippen LogP contribution < -0.4 is 5.32 Å². The molecule has 0 saturated carbocycles. The summed E-state index contributed by atoms with van der Waals surface area (Å²) in [6.45, 7) is 0. The van der Waals surface area contributed by atoms with Gasteiger partial charge in [-0.05, 0) is 12.1 Å². The molecular formula is C9H7N5O. The molecule has 3 rings (SSSR count). The summed E-state index contributed by atoms with van der Waals surface area (Å²) in [5.74, 6) is 1.35. The number of hydrogen-bond donors (Lipinski definition) is 1. The largest absolute Gasteiger partial charge is 0.339 e. The van der Waals surface area contributed by atoms with Crippen molar-refractivity contribution in [1.82, 2.24) is 19.8 Å². The van der Waals surface area contributed by atoms with Crippen LogP contribution in [0.5, 0.6) is 0 Å². The highest BCUT2D eigenvalue weighted by molar-refractivity contribution is 5.54. The van der Waals surface area contributed by atoms with E-state index in [-0.39, 0.29) is 0 Å². The molecule has 0 fully saturated rings. The molecule has 0 aliphatic carbocycles. The molecule has 6 heteroatoms. The van der Waals surface area contributed by atoms with Gasteiger partial charge in [0, 0.05) is 6.07 Å². The minimum Gasteiger partial charge on any atom is -0.339 e. The molecule has 0 amide bonds. The third kappa shape index (κ3) is 1.32. The molecular weight excluding hydrogens is 194 g/mol. The van der Waals surface area contributed by atoms with E-state index in [2.05, 4.69) is 20.6 Å². The Morgan fingerprint density at radius 2 is 2.27 bits per heavy atom. The molecule has 3 aromatic heterocycles. The number of nitrogens with zero attached hydrogens (tertiary/aromatic N) is 4. The van der Waals surface area contributed by atoms with Crippen molar-refractivity contribution in [2.24, 2.45) is 0 Å². The Balaban J connectivity index is 2.07.